The number of anilines is 1. The van der Waals surface area contributed by atoms with Gasteiger partial charge in [0.1, 0.15) is 0 Å². The number of benzene rings is 1. The lowest BCUT2D eigenvalue weighted by Crippen LogP contribution is -2.45. The maximum absolute atomic E-state index is 12.8. The Balaban J connectivity index is 1.79. The molecule has 114 valence electrons. The number of nitrogens with zero attached hydrogens (tertiary/aromatic N) is 1. The van der Waals surface area contributed by atoms with E-state index < -0.39 is 0 Å². The van der Waals surface area contributed by atoms with Crippen LogP contribution in [0, 0.1) is 18.8 Å². The zero-order chi connectivity index (χ0) is 15.0. The number of piperidine rings is 1. The summed E-state index contributed by atoms with van der Waals surface area (Å²) in [5.41, 5.74) is 8.32. The van der Waals surface area contributed by atoms with Crippen LogP contribution in [0.5, 0.6) is 0 Å². The summed E-state index contributed by atoms with van der Waals surface area (Å²) in [6.07, 6.45) is 6.50. The molecule has 1 heterocycles. The molecule has 2 unspecified atom stereocenters. The van der Waals surface area contributed by atoms with E-state index in [0.29, 0.717) is 11.6 Å². The van der Waals surface area contributed by atoms with E-state index in [-0.39, 0.29) is 5.91 Å². The zero-order valence-corrected chi connectivity index (χ0v) is 14.2. The van der Waals surface area contributed by atoms with Gasteiger partial charge in [0.15, 0.2) is 0 Å². The number of fused-ring (bicyclic) bond motifs is 1. The van der Waals surface area contributed by atoms with Crippen LogP contribution in [0.25, 0.3) is 0 Å². The first-order valence-corrected chi connectivity index (χ1v) is 8.70. The van der Waals surface area contributed by atoms with Crippen LogP contribution in [0.2, 0.25) is 0 Å². The van der Waals surface area contributed by atoms with E-state index in [2.05, 4.69) is 15.9 Å². The quantitative estimate of drug-likeness (QED) is 0.778. The van der Waals surface area contributed by atoms with E-state index in [9.17, 15) is 4.79 Å². The summed E-state index contributed by atoms with van der Waals surface area (Å²) in [4.78, 5) is 14.9. The maximum atomic E-state index is 12.8. The Hall–Kier alpha value is -1.03. The molecule has 1 saturated heterocycles. The predicted molar refractivity (Wildman–Crippen MR) is 89.3 cm³/mol. The molecular formula is C17H23BrN2O. The topological polar surface area (TPSA) is 46.3 Å². The number of rotatable bonds is 1. The molecular weight excluding hydrogens is 328 g/mol. The van der Waals surface area contributed by atoms with Gasteiger partial charge in [0.2, 0.25) is 0 Å². The Labute approximate surface area is 135 Å². The van der Waals surface area contributed by atoms with Crippen molar-refractivity contribution in [2.24, 2.45) is 11.8 Å². The molecule has 2 aliphatic rings. The van der Waals surface area contributed by atoms with Gasteiger partial charge in [-0.2, -0.15) is 0 Å². The predicted octanol–water partition coefficient (Wildman–Crippen LogP) is 3.99. The molecule has 1 aliphatic heterocycles. The average molecular weight is 351 g/mol. The normalized spacial score (nSPS) is 25.5. The van der Waals surface area contributed by atoms with Crippen molar-refractivity contribution < 1.29 is 4.79 Å². The Bertz CT molecular complexity index is 558. The van der Waals surface area contributed by atoms with E-state index in [1.807, 2.05) is 24.0 Å². The van der Waals surface area contributed by atoms with Crippen molar-refractivity contribution in [2.75, 3.05) is 18.8 Å². The summed E-state index contributed by atoms with van der Waals surface area (Å²) in [7, 11) is 0. The van der Waals surface area contributed by atoms with Gasteiger partial charge in [0, 0.05) is 28.8 Å². The van der Waals surface area contributed by atoms with E-state index >= 15 is 0 Å². The first-order valence-electron chi connectivity index (χ1n) is 7.91. The SMILES string of the molecule is Cc1c(N)cc(Br)cc1C(=O)N1CCC2CCCCC2C1. The first kappa shape index (κ1) is 14.9. The van der Waals surface area contributed by atoms with Crippen LogP contribution in [0.15, 0.2) is 16.6 Å². The fourth-order valence-corrected chi connectivity index (χ4v) is 4.35. The summed E-state index contributed by atoms with van der Waals surface area (Å²) in [6, 6.07) is 3.76. The molecule has 2 N–H and O–H groups in total. The molecule has 1 saturated carbocycles. The molecule has 0 bridgehead atoms. The third-order valence-electron chi connectivity index (χ3n) is 5.22. The third kappa shape index (κ3) is 2.96. The largest absolute Gasteiger partial charge is 0.398 e. The van der Waals surface area contributed by atoms with Gasteiger partial charge in [-0.15, -0.1) is 0 Å². The van der Waals surface area contributed by atoms with Gasteiger partial charge in [-0.25, -0.2) is 0 Å². The van der Waals surface area contributed by atoms with Crippen molar-refractivity contribution >= 4 is 27.5 Å². The van der Waals surface area contributed by atoms with Crippen LogP contribution in [-0.2, 0) is 0 Å². The lowest BCUT2D eigenvalue weighted by molar-refractivity contribution is 0.0520. The average Bonchev–Trinajstić information content (AvgIpc) is 2.49. The highest BCUT2D eigenvalue weighted by Gasteiger charge is 2.33. The molecule has 1 aromatic carbocycles. The number of nitrogen functional groups attached to an aromatic ring is 1. The monoisotopic (exact) mass is 350 g/mol. The number of carbonyl (C=O) groups excluding carboxylic acids is 1. The fraction of sp³-hybridized carbons (Fsp3) is 0.588. The molecule has 2 fully saturated rings. The van der Waals surface area contributed by atoms with Crippen LogP contribution in [0.4, 0.5) is 5.69 Å². The van der Waals surface area contributed by atoms with E-state index in [0.717, 1.165) is 34.6 Å². The molecule has 3 nitrogen and oxygen atoms in total. The standard InChI is InChI=1S/C17H23BrN2O/c1-11-15(8-14(18)9-16(11)19)17(21)20-7-6-12-4-2-3-5-13(12)10-20/h8-9,12-13H,2-7,10,19H2,1H3. The molecule has 2 atom stereocenters. The van der Waals surface area contributed by atoms with E-state index in [1.54, 1.807) is 0 Å². The first-order chi connectivity index (χ1) is 10.1. The van der Waals surface area contributed by atoms with Crippen LogP contribution >= 0.6 is 15.9 Å². The number of hydrogen-bond donors (Lipinski definition) is 1. The van der Waals surface area contributed by atoms with Crippen molar-refractivity contribution in [2.45, 2.75) is 39.0 Å². The Morgan fingerprint density at radius 3 is 2.71 bits per heavy atom. The van der Waals surface area contributed by atoms with Gasteiger partial charge in [0.25, 0.3) is 5.91 Å². The second kappa shape index (κ2) is 5.99. The van der Waals surface area contributed by atoms with Crippen LogP contribution in [-0.4, -0.2) is 23.9 Å². The summed E-state index contributed by atoms with van der Waals surface area (Å²) >= 11 is 3.44. The summed E-state index contributed by atoms with van der Waals surface area (Å²) in [5, 5.41) is 0. The number of amides is 1. The number of halogens is 1. The molecule has 0 spiro atoms. The molecule has 0 aromatic heterocycles. The van der Waals surface area contributed by atoms with Gasteiger partial charge in [-0.3, -0.25) is 4.79 Å². The van der Waals surface area contributed by atoms with Crippen LogP contribution in [0.3, 0.4) is 0 Å². The lowest BCUT2D eigenvalue weighted by atomic mass is 9.75. The Morgan fingerprint density at radius 1 is 1.24 bits per heavy atom. The van der Waals surface area contributed by atoms with Gasteiger partial charge in [-0.05, 0) is 49.3 Å². The third-order valence-corrected chi connectivity index (χ3v) is 5.68. The van der Waals surface area contributed by atoms with E-state index in [1.165, 1.54) is 32.1 Å². The van der Waals surface area contributed by atoms with Crippen LogP contribution in [0.1, 0.15) is 48.0 Å². The summed E-state index contributed by atoms with van der Waals surface area (Å²) < 4.78 is 0.876. The summed E-state index contributed by atoms with van der Waals surface area (Å²) in [5.74, 6) is 1.70. The van der Waals surface area contributed by atoms with Crippen LogP contribution < -0.4 is 5.73 Å². The highest BCUT2D eigenvalue weighted by Crippen LogP contribution is 2.36. The smallest absolute Gasteiger partial charge is 0.254 e. The minimum atomic E-state index is 0.143. The maximum Gasteiger partial charge on any atom is 0.254 e. The van der Waals surface area contributed by atoms with E-state index in [4.69, 9.17) is 5.73 Å². The minimum absolute atomic E-state index is 0.143. The van der Waals surface area contributed by atoms with Crippen molar-refractivity contribution in [3.05, 3.63) is 27.7 Å². The van der Waals surface area contributed by atoms with Crippen molar-refractivity contribution in [3.63, 3.8) is 0 Å². The molecule has 1 amide bonds. The Kier molecular flexibility index (Phi) is 4.25. The zero-order valence-electron chi connectivity index (χ0n) is 12.6. The molecule has 21 heavy (non-hydrogen) atoms. The molecule has 4 heteroatoms. The number of nitrogens with two attached hydrogens (primary N) is 1. The number of hydrogen-bond acceptors (Lipinski definition) is 2. The fourth-order valence-electron chi connectivity index (χ4n) is 3.88. The van der Waals surface area contributed by atoms with Gasteiger partial charge < -0.3 is 10.6 Å². The van der Waals surface area contributed by atoms with Crippen molar-refractivity contribution in [1.82, 2.24) is 4.90 Å². The minimum Gasteiger partial charge on any atom is -0.398 e. The number of likely N-dealkylation sites (tertiary alicyclic amines) is 1. The second-order valence-corrected chi connectivity index (χ2v) is 7.43. The Morgan fingerprint density at radius 2 is 1.95 bits per heavy atom. The summed E-state index contributed by atoms with van der Waals surface area (Å²) in [6.45, 7) is 3.75. The van der Waals surface area contributed by atoms with Gasteiger partial charge >= 0.3 is 0 Å². The molecule has 3 rings (SSSR count). The van der Waals surface area contributed by atoms with Crippen molar-refractivity contribution in [1.29, 1.82) is 0 Å². The lowest BCUT2D eigenvalue weighted by Gasteiger charge is -2.41. The van der Waals surface area contributed by atoms with Gasteiger partial charge in [-0.1, -0.05) is 35.2 Å². The molecule has 1 aliphatic carbocycles. The second-order valence-electron chi connectivity index (χ2n) is 6.51. The molecule has 1 aromatic rings. The number of carbonyl (C=O) groups is 1. The van der Waals surface area contributed by atoms with Gasteiger partial charge in [0.05, 0.1) is 0 Å². The van der Waals surface area contributed by atoms with Crippen molar-refractivity contribution in [3.8, 4) is 0 Å². The highest BCUT2D eigenvalue weighted by molar-refractivity contribution is 9.10. The highest BCUT2D eigenvalue weighted by atomic mass is 79.9. The molecule has 0 radical (unpaired) electrons.